The van der Waals surface area contributed by atoms with Crippen LogP contribution in [0.4, 0.5) is 10.1 Å². The number of carbonyl (C=O) groups is 1. The van der Waals surface area contributed by atoms with Crippen LogP contribution in [0.2, 0.25) is 5.02 Å². The molecular weight excluding hydrogens is 443 g/mol. The molecule has 0 atom stereocenters. The first kappa shape index (κ1) is 22.7. The van der Waals surface area contributed by atoms with Gasteiger partial charge in [0, 0.05) is 19.4 Å². The first-order valence-corrected chi connectivity index (χ1v) is 11.2. The van der Waals surface area contributed by atoms with Crippen LogP contribution in [0.5, 0.6) is 0 Å². The third-order valence-corrected chi connectivity index (χ3v) is 6.68. The molecule has 3 rings (SSSR count). The van der Waals surface area contributed by atoms with E-state index in [-0.39, 0.29) is 27.8 Å². The Balaban J connectivity index is 1.71. The molecule has 0 amide bonds. The Morgan fingerprint density at radius 1 is 1.16 bits per heavy atom. The third kappa shape index (κ3) is 5.59. The Morgan fingerprint density at radius 3 is 2.58 bits per heavy atom. The fraction of sp³-hybridized carbons (Fsp3) is 0.182. The lowest BCUT2D eigenvalue weighted by molar-refractivity contribution is 0.0500. The summed E-state index contributed by atoms with van der Waals surface area (Å²) >= 11 is 6.10. The number of hydrogen-bond acceptors (Lipinski definition) is 5. The van der Waals surface area contributed by atoms with Crippen molar-refractivity contribution in [2.75, 3.05) is 18.0 Å². The zero-order chi connectivity index (χ0) is 22.4. The van der Waals surface area contributed by atoms with Crippen LogP contribution in [0.3, 0.4) is 0 Å². The van der Waals surface area contributed by atoms with Crippen LogP contribution in [-0.2, 0) is 21.2 Å². The number of sulfonamides is 1. The molecule has 0 unspecified atom stereocenters. The number of hydrogen-bond donors (Lipinski definition) is 0. The Hall–Kier alpha value is -2.97. The molecule has 0 saturated heterocycles. The fourth-order valence-corrected chi connectivity index (χ4v) is 4.25. The molecule has 0 spiro atoms. The normalized spacial score (nSPS) is 11.2. The maximum atomic E-state index is 13.1. The summed E-state index contributed by atoms with van der Waals surface area (Å²) < 4.78 is 45.3. The van der Waals surface area contributed by atoms with E-state index in [1.807, 2.05) is 12.1 Å². The van der Waals surface area contributed by atoms with Crippen LogP contribution in [-0.4, -0.2) is 33.0 Å². The number of carbonyl (C=O) groups excluding carboxylic acids is 1. The first-order chi connectivity index (χ1) is 14.8. The van der Waals surface area contributed by atoms with Crippen LogP contribution >= 0.6 is 11.6 Å². The Kier molecular flexibility index (Phi) is 7.25. The van der Waals surface area contributed by atoms with E-state index in [0.29, 0.717) is 12.8 Å². The van der Waals surface area contributed by atoms with E-state index in [9.17, 15) is 17.6 Å². The molecule has 0 bridgehead atoms. The molecule has 0 aliphatic heterocycles. The van der Waals surface area contributed by atoms with E-state index in [2.05, 4.69) is 4.98 Å². The molecule has 9 heteroatoms. The molecule has 0 fully saturated rings. The molecule has 2 aromatic carbocycles. The van der Waals surface area contributed by atoms with Crippen molar-refractivity contribution in [3.8, 4) is 0 Å². The summed E-state index contributed by atoms with van der Waals surface area (Å²) in [7, 11) is -2.66. The summed E-state index contributed by atoms with van der Waals surface area (Å²) in [4.78, 5) is 16.4. The number of esters is 1. The van der Waals surface area contributed by atoms with Crippen LogP contribution in [0.25, 0.3) is 0 Å². The quantitative estimate of drug-likeness (QED) is 0.364. The lowest BCUT2D eigenvalue weighted by atomic mass is 10.2. The Morgan fingerprint density at radius 2 is 1.90 bits per heavy atom. The van der Waals surface area contributed by atoms with Gasteiger partial charge in [-0.05, 0) is 66.9 Å². The number of benzene rings is 2. The molecule has 0 aliphatic carbocycles. The van der Waals surface area contributed by atoms with Crippen LogP contribution in [0.1, 0.15) is 22.3 Å². The summed E-state index contributed by atoms with van der Waals surface area (Å²) in [6, 6.07) is 12.6. The van der Waals surface area contributed by atoms with Crippen LogP contribution in [0.15, 0.2) is 71.9 Å². The minimum atomic E-state index is -4.00. The Bertz CT molecular complexity index is 1160. The SMILES string of the molecule is CN(c1ccc(F)cc1)S(=O)(=O)c1ccc(Cl)c(C(=O)OCCCc2cccnc2)c1. The molecule has 0 aliphatic rings. The van der Waals surface area contributed by atoms with E-state index >= 15 is 0 Å². The number of pyridine rings is 1. The topological polar surface area (TPSA) is 76.6 Å². The van der Waals surface area contributed by atoms with Gasteiger partial charge in [0.2, 0.25) is 0 Å². The van der Waals surface area contributed by atoms with Gasteiger partial charge >= 0.3 is 5.97 Å². The summed E-state index contributed by atoms with van der Waals surface area (Å²) in [6.45, 7) is 0.149. The van der Waals surface area contributed by atoms with Gasteiger partial charge in [-0.3, -0.25) is 9.29 Å². The number of nitrogens with zero attached hydrogens (tertiary/aromatic N) is 2. The molecule has 0 N–H and O–H groups in total. The van der Waals surface area contributed by atoms with Crippen molar-refractivity contribution in [1.29, 1.82) is 0 Å². The summed E-state index contributed by atoms with van der Waals surface area (Å²) in [5.74, 6) is -1.19. The van der Waals surface area contributed by atoms with E-state index in [1.54, 1.807) is 12.4 Å². The second kappa shape index (κ2) is 9.89. The fourth-order valence-electron chi connectivity index (χ4n) is 2.83. The molecule has 1 aromatic heterocycles. The number of anilines is 1. The minimum absolute atomic E-state index is 0.0448. The van der Waals surface area contributed by atoms with Crippen molar-refractivity contribution in [3.63, 3.8) is 0 Å². The van der Waals surface area contributed by atoms with Gasteiger partial charge in [0.15, 0.2) is 0 Å². The van der Waals surface area contributed by atoms with Crippen molar-refractivity contribution in [3.05, 3.63) is 89.0 Å². The summed E-state index contributed by atoms with van der Waals surface area (Å²) in [5, 5.41) is 0.0839. The number of aromatic nitrogens is 1. The van der Waals surface area contributed by atoms with Crippen LogP contribution < -0.4 is 4.31 Å². The highest BCUT2D eigenvalue weighted by atomic mass is 35.5. The van der Waals surface area contributed by atoms with Gasteiger partial charge in [-0.25, -0.2) is 17.6 Å². The van der Waals surface area contributed by atoms with Crippen molar-refractivity contribution in [2.24, 2.45) is 0 Å². The zero-order valence-corrected chi connectivity index (χ0v) is 18.2. The smallest absolute Gasteiger partial charge is 0.339 e. The number of rotatable bonds is 8. The largest absolute Gasteiger partial charge is 0.462 e. The van der Waals surface area contributed by atoms with Gasteiger partial charge in [-0.1, -0.05) is 17.7 Å². The van der Waals surface area contributed by atoms with Crippen molar-refractivity contribution in [1.82, 2.24) is 4.98 Å². The number of halogens is 2. The lowest BCUT2D eigenvalue weighted by Crippen LogP contribution is -2.26. The van der Waals surface area contributed by atoms with E-state index < -0.39 is 21.8 Å². The minimum Gasteiger partial charge on any atom is -0.462 e. The van der Waals surface area contributed by atoms with Gasteiger partial charge < -0.3 is 4.74 Å². The lowest BCUT2D eigenvalue weighted by Gasteiger charge is -2.20. The van der Waals surface area contributed by atoms with Crippen molar-refractivity contribution in [2.45, 2.75) is 17.7 Å². The van der Waals surface area contributed by atoms with Gasteiger partial charge in [0.1, 0.15) is 5.82 Å². The number of aryl methyl sites for hydroxylation is 1. The maximum absolute atomic E-state index is 13.1. The van der Waals surface area contributed by atoms with Crippen molar-refractivity contribution < 1.29 is 22.3 Å². The zero-order valence-electron chi connectivity index (χ0n) is 16.7. The second-order valence-electron chi connectivity index (χ2n) is 6.69. The van der Waals surface area contributed by atoms with Crippen molar-refractivity contribution >= 4 is 33.3 Å². The molecule has 162 valence electrons. The Labute approximate surface area is 185 Å². The molecule has 0 saturated carbocycles. The first-order valence-electron chi connectivity index (χ1n) is 9.39. The molecule has 0 radical (unpaired) electrons. The average Bonchev–Trinajstić information content (AvgIpc) is 2.77. The van der Waals surface area contributed by atoms with Gasteiger partial charge in [0.05, 0.1) is 27.8 Å². The highest BCUT2D eigenvalue weighted by Crippen LogP contribution is 2.26. The summed E-state index contributed by atoms with van der Waals surface area (Å²) in [5.41, 5.74) is 1.25. The standard InChI is InChI=1S/C22H20ClFN2O4S/c1-26(18-8-6-17(24)7-9-18)31(28,29)19-10-11-21(23)20(14-19)22(27)30-13-3-5-16-4-2-12-25-15-16/h2,4,6-12,14-15H,3,5,13H2,1H3. The predicted molar refractivity (Wildman–Crippen MR) is 116 cm³/mol. The highest BCUT2D eigenvalue weighted by molar-refractivity contribution is 7.92. The predicted octanol–water partition coefficient (Wildman–Crippen LogP) is 4.49. The molecular formula is C22H20ClFN2O4S. The molecule has 1 heterocycles. The van der Waals surface area contributed by atoms with E-state index in [0.717, 1.165) is 22.0 Å². The summed E-state index contributed by atoms with van der Waals surface area (Å²) in [6.07, 6.45) is 4.69. The van der Waals surface area contributed by atoms with E-state index in [4.69, 9.17) is 16.3 Å². The molecule has 6 nitrogen and oxygen atoms in total. The van der Waals surface area contributed by atoms with Gasteiger partial charge in [-0.2, -0.15) is 0 Å². The van der Waals surface area contributed by atoms with Gasteiger partial charge in [-0.15, -0.1) is 0 Å². The molecule has 31 heavy (non-hydrogen) atoms. The monoisotopic (exact) mass is 462 g/mol. The number of ether oxygens (including phenoxy) is 1. The second-order valence-corrected chi connectivity index (χ2v) is 9.07. The van der Waals surface area contributed by atoms with Crippen LogP contribution in [0, 0.1) is 5.82 Å². The highest BCUT2D eigenvalue weighted by Gasteiger charge is 2.24. The maximum Gasteiger partial charge on any atom is 0.339 e. The van der Waals surface area contributed by atoms with Gasteiger partial charge in [0.25, 0.3) is 10.0 Å². The third-order valence-electron chi connectivity index (χ3n) is 4.57. The average molecular weight is 463 g/mol. The van der Waals surface area contributed by atoms with E-state index in [1.165, 1.54) is 37.4 Å². The molecule has 3 aromatic rings.